The zero-order chi connectivity index (χ0) is 17.5. The van der Waals surface area contributed by atoms with Gasteiger partial charge in [-0.15, -0.1) is 0 Å². The van der Waals surface area contributed by atoms with Crippen LogP contribution >= 0.6 is 0 Å². The first-order chi connectivity index (χ1) is 11.3. The minimum atomic E-state index is -4.43. The molecule has 1 amide bonds. The summed E-state index contributed by atoms with van der Waals surface area (Å²) >= 11 is 0. The van der Waals surface area contributed by atoms with Crippen LogP contribution in [0, 0.1) is 0 Å². The fourth-order valence-corrected chi connectivity index (χ4v) is 2.39. The molecule has 1 aliphatic heterocycles. The summed E-state index contributed by atoms with van der Waals surface area (Å²) in [6.45, 7) is 0. The van der Waals surface area contributed by atoms with Gasteiger partial charge in [0, 0.05) is 18.8 Å². The Hall–Kier alpha value is -2.84. The molecule has 0 aliphatic carbocycles. The van der Waals surface area contributed by atoms with Gasteiger partial charge < -0.3 is 5.73 Å². The fourth-order valence-electron chi connectivity index (χ4n) is 2.39. The van der Waals surface area contributed by atoms with Crippen LogP contribution < -0.4 is 5.73 Å². The summed E-state index contributed by atoms with van der Waals surface area (Å²) in [5.41, 5.74) is 5.81. The lowest BCUT2D eigenvalue weighted by Crippen LogP contribution is -2.42. The highest BCUT2D eigenvalue weighted by Gasteiger charge is 2.31. The number of rotatable bonds is 2. The molecule has 0 saturated carbocycles. The topological polar surface area (TPSA) is 76.5 Å². The average Bonchev–Trinajstić information content (AvgIpc) is 3.01. The number of aromatic nitrogens is 2. The van der Waals surface area contributed by atoms with Crippen LogP contribution in [0.3, 0.4) is 0 Å². The van der Waals surface area contributed by atoms with Gasteiger partial charge in [0.25, 0.3) is 0 Å². The number of guanidine groups is 1. The maximum absolute atomic E-state index is 12.8. The third-order valence-electron chi connectivity index (χ3n) is 3.80. The fraction of sp³-hybridized carbons (Fsp3) is 0.267. The van der Waals surface area contributed by atoms with Gasteiger partial charge in [0.05, 0.1) is 29.9 Å². The van der Waals surface area contributed by atoms with E-state index in [9.17, 15) is 18.0 Å². The number of halogens is 3. The van der Waals surface area contributed by atoms with E-state index >= 15 is 0 Å². The Bertz CT molecular complexity index is 811. The average molecular weight is 337 g/mol. The van der Waals surface area contributed by atoms with Crippen LogP contribution in [-0.4, -0.2) is 33.6 Å². The second kappa shape index (κ2) is 5.66. The zero-order valence-corrected chi connectivity index (χ0v) is 12.7. The van der Waals surface area contributed by atoms with Crippen LogP contribution in [0.15, 0.2) is 41.7 Å². The van der Waals surface area contributed by atoms with Crippen LogP contribution in [0.4, 0.5) is 13.2 Å². The van der Waals surface area contributed by atoms with Gasteiger partial charge >= 0.3 is 6.18 Å². The van der Waals surface area contributed by atoms with E-state index in [2.05, 4.69) is 10.1 Å². The number of hydrogen-bond donors (Lipinski definition) is 1. The normalized spacial score (nSPS) is 18.7. The van der Waals surface area contributed by atoms with E-state index in [4.69, 9.17) is 5.73 Å². The molecule has 1 aromatic carbocycles. The molecule has 9 heteroatoms. The van der Waals surface area contributed by atoms with E-state index in [-0.39, 0.29) is 24.0 Å². The summed E-state index contributed by atoms with van der Waals surface area (Å²) in [6, 6.07) is 4.34. The van der Waals surface area contributed by atoms with Gasteiger partial charge in [-0.1, -0.05) is 6.07 Å². The second-order valence-electron chi connectivity index (χ2n) is 5.43. The van der Waals surface area contributed by atoms with Crippen LogP contribution in [-0.2, 0) is 11.0 Å². The van der Waals surface area contributed by atoms with Crippen molar-refractivity contribution in [3.63, 3.8) is 0 Å². The third-order valence-corrected chi connectivity index (χ3v) is 3.80. The maximum Gasteiger partial charge on any atom is 0.416 e. The van der Waals surface area contributed by atoms with Crippen molar-refractivity contribution >= 4 is 11.9 Å². The Morgan fingerprint density at radius 3 is 2.75 bits per heavy atom. The molecule has 0 saturated heterocycles. The number of alkyl halides is 3. The SMILES string of the molecule is CN1C(=O)C[C@@H](c2cnn(-c3cccc(C(F)(F)F)c3)c2)N=C1N. The molecule has 1 aliphatic rings. The molecule has 24 heavy (non-hydrogen) atoms. The highest BCUT2D eigenvalue weighted by atomic mass is 19.4. The number of nitrogens with zero attached hydrogens (tertiary/aromatic N) is 4. The number of benzene rings is 1. The minimum Gasteiger partial charge on any atom is -0.369 e. The monoisotopic (exact) mass is 337 g/mol. The summed E-state index contributed by atoms with van der Waals surface area (Å²) in [5, 5.41) is 4.07. The number of hydrogen-bond acceptors (Lipinski definition) is 4. The van der Waals surface area contributed by atoms with Crippen LogP contribution in [0.2, 0.25) is 0 Å². The van der Waals surface area contributed by atoms with Gasteiger partial charge in [-0.25, -0.2) is 9.67 Å². The predicted molar refractivity (Wildman–Crippen MR) is 80.3 cm³/mol. The first-order valence-electron chi connectivity index (χ1n) is 7.08. The molecule has 2 N–H and O–H groups in total. The molecule has 1 aromatic heterocycles. The Morgan fingerprint density at radius 1 is 1.33 bits per heavy atom. The Labute approximate surface area is 135 Å². The molecular weight excluding hydrogens is 323 g/mol. The van der Waals surface area contributed by atoms with E-state index in [0.29, 0.717) is 5.56 Å². The van der Waals surface area contributed by atoms with Gasteiger partial charge in [-0.05, 0) is 18.2 Å². The van der Waals surface area contributed by atoms with Gasteiger partial charge in [0.2, 0.25) is 5.91 Å². The quantitative estimate of drug-likeness (QED) is 0.912. The summed E-state index contributed by atoms with van der Waals surface area (Å²) in [5.74, 6) is -0.0811. The molecule has 0 bridgehead atoms. The molecule has 2 aromatic rings. The number of aliphatic imine (C=N–C) groups is 1. The number of amides is 1. The van der Waals surface area contributed by atoms with Crippen molar-refractivity contribution in [1.82, 2.24) is 14.7 Å². The van der Waals surface area contributed by atoms with Crippen LogP contribution in [0.25, 0.3) is 5.69 Å². The molecule has 2 heterocycles. The minimum absolute atomic E-state index is 0.100. The molecule has 0 spiro atoms. The first kappa shape index (κ1) is 16.0. The smallest absolute Gasteiger partial charge is 0.369 e. The van der Waals surface area contributed by atoms with Crippen LogP contribution in [0.1, 0.15) is 23.6 Å². The van der Waals surface area contributed by atoms with E-state index < -0.39 is 17.8 Å². The molecule has 6 nitrogen and oxygen atoms in total. The summed E-state index contributed by atoms with van der Waals surface area (Å²) in [7, 11) is 1.53. The first-order valence-corrected chi connectivity index (χ1v) is 7.08. The van der Waals surface area contributed by atoms with Crippen molar-refractivity contribution in [1.29, 1.82) is 0 Å². The molecule has 0 fully saturated rings. The molecular formula is C15H14F3N5O. The Balaban J connectivity index is 1.91. The number of carbonyl (C=O) groups is 1. The Morgan fingerprint density at radius 2 is 2.08 bits per heavy atom. The zero-order valence-electron chi connectivity index (χ0n) is 12.7. The van der Waals surface area contributed by atoms with Crippen molar-refractivity contribution in [2.75, 3.05) is 7.05 Å². The largest absolute Gasteiger partial charge is 0.416 e. The number of carbonyl (C=O) groups excluding carboxylic acids is 1. The molecule has 1 atom stereocenters. The lowest BCUT2D eigenvalue weighted by atomic mass is 10.1. The summed E-state index contributed by atoms with van der Waals surface area (Å²) in [6.07, 6.45) is -1.27. The lowest BCUT2D eigenvalue weighted by molar-refractivity contribution is -0.137. The van der Waals surface area contributed by atoms with Crippen molar-refractivity contribution in [3.8, 4) is 5.69 Å². The molecule has 3 rings (SSSR count). The Kier molecular flexibility index (Phi) is 3.78. The summed E-state index contributed by atoms with van der Waals surface area (Å²) < 4.78 is 39.7. The van der Waals surface area contributed by atoms with Gasteiger partial charge in [0.1, 0.15) is 0 Å². The van der Waals surface area contributed by atoms with Crippen LogP contribution in [0.5, 0.6) is 0 Å². The molecule has 0 radical (unpaired) electrons. The highest BCUT2D eigenvalue weighted by molar-refractivity contribution is 5.98. The van der Waals surface area contributed by atoms with E-state index in [0.717, 1.165) is 12.1 Å². The van der Waals surface area contributed by atoms with Gasteiger partial charge in [0.15, 0.2) is 5.96 Å². The summed E-state index contributed by atoms with van der Waals surface area (Å²) in [4.78, 5) is 17.3. The van der Waals surface area contributed by atoms with Crippen molar-refractivity contribution in [2.45, 2.75) is 18.6 Å². The van der Waals surface area contributed by atoms with Gasteiger partial charge in [-0.3, -0.25) is 9.69 Å². The van der Waals surface area contributed by atoms with Crippen molar-refractivity contribution in [3.05, 3.63) is 47.8 Å². The molecule has 0 unspecified atom stereocenters. The third kappa shape index (κ3) is 2.97. The van der Waals surface area contributed by atoms with E-state index in [1.54, 1.807) is 6.20 Å². The lowest BCUT2D eigenvalue weighted by Gasteiger charge is -2.24. The van der Waals surface area contributed by atoms with E-state index in [1.807, 2.05) is 0 Å². The number of nitrogens with two attached hydrogens (primary N) is 1. The predicted octanol–water partition coefficient (Wildman–Crippen LogP) is 2.11. The second-order valence-corrected chi connectivity index (χ2v) is 5.43. The standard InChI is InChI=1S/C15H14F3N5O/c1-22-13(24)6-12(21-14(22)19)9-7-20-23(8-9)11-4-2-3-10(5-11)15(16,17)18/h2-5,7-8,12H,6H2,1H3,(H2,19,21)/t12-/m0/s1. The molecule has 126 valence electrons. The van der Waals surface area contributed by atoms with Gasteiger partial charge in [-0.2, -0.15) is 18.3 Å². The van der Waals surface area contributed by atoms with Crippen molar-refractivity contribution < 1.29 is 18.0 Å². The van der Waals surface area contributed by atoms with E-state index in [1.165, 1.54) is 35.0 Å². The highest BCUT2D eigenvalue weighted by Crippen LogP contribution is 2.31. The van der Waals surface area contributed by atoms with Crippen molar-refractivity contribution in [2.24, 2.45) is 10.7 Å². The maximum atomic E-state index is 12.8.